The Balaban J connectivity index is 1.83. The standard InChI is InChI=1S/C17H23NO4/c1-17(2)15(18-9-7-11(8-10-18)16(20)21)14(19)12-5-3-4-6-13(12)22-17/h3-6,11,14-15,19H,7-10H2,1-2H3,(H,20,21). The van der Waals surface area contributed by atoms with Gasteiger partial charge in [-0.2, -0.15) is 0 Å². The van der Waals surface area contributed by atoms with Crippen molar-refractivity contribution >= 4 is 5.97 Å². The van der Waals surface area contributed by atoms with Gasteiger partial charge in [-0.25, -0.2) is 0 Å². The van der Waals surface area contributed by atoms with Crippen LogP contribution in [0.5, 0.6) is 5.75 Å². The summed E-state index contributed by atoms with van der Waals surface area (Å²) in [5, 5.41) is 20.0. The van der Waals surface area contributed by atoms with Gasteiger partial charge in [0.05, 0.1) is 12.0 Å². The minimum Gasteiger partial charge on any atom is -0.486 e. The van der Waals surface area contributed by atoms with Gasteiger partial charge in [0.1, 0.15) is 17.5 Å². The average molecular weight is 305 g/mol. The number of rotatable bonds is 2. The fraction of sp³-hybridized carbons (Fsp3) is 0.588. The van der Waals surface area contributed by atoms with Crippen molar-refractivity contribution in [1.29, 1.82) is 0 Å². The maximum absolute atomic E-state index is 11.1. The van der Waals surface area contributed by atoms with E-state index in [1.54, 1.807) is 0 Å². The summed E-state index contributed by atoms with van der Waals surface area (Å²) < 4.78 is 6.11. The number of benzene rings is 1. The number of aliphatic hydroxyl groups is 1. The number of hydrogen-bond donors (Lipinski definition) is 2. The summed E-state index contributed by atoms with van der Waals surface area (Å²) >= 11 is 0. The Bertz CT molecular complexity index is 564. The van der Waals surface area contributed by atoms with E-state index < -0.39 is 17.7 Å². The molecule has 2 N–H and O–H groups in total. The second-order valence-electron chi connectivity index (χ2n) is 6.78. The highest BCUT2D eigenvalue weighted by Gasteiger charge is 2.47. The quantitative estimate of drug-likeness (QED) is 0.875. The van der Waals surface area contributed by atoms with Gasteiger partial charge in [-0.05, 0) is 45.8 Å². The zero-order valence-corrected chi connectivity index (χ0v) is 13.0. The summed E-state index contributed by atoms with van der Waals surface area (Å²) in [5.74, 6) is -0.255. The molecule has 0 aliphatic carbocycles. The number of aliphatic carboxylic acids is 1. The number of carboxylic acids is 1. The maximum Gasteiger partial charge on any atom is 0.306 e. The predicted molar refractivity (Wildman–Crippen MR) is 81.8 cm³/mol. The van der Waals surface area contributed by atoms with Gasteiger partial charge in [-0.1, -0.05) is 18.2 Å². The molecule has 5 nitrogen and oxygen atoms in total. The van der Waals surface area contributed by atoms with E-state index in [0.29, 0.717) is 25.9 Å². The number of fused-ring (bicyclic) bond motifs is 1. The second-order valence-corrected chi connectivity index (χ2v) is 6.78. The van der Waals surface area contributed by atoms with Crippen LogP contribution in [0.25, 0.3) is 0 Å². The van der Waals surface area contributed by atoms with E-state index in [1.165, 1.54) is 0 Å². The van der Waals surface area contributed by atoms with E-state index >= 15 is 0 Å². The summed E-state index contributed by atoms with van der Waals surface area (Å²) in [7, 11) is 0. The van der Waals surface area contributed by atoms with Gasteiger partial charge in [0.25, 0.3) is 0 Å². The molecule has 22 heavy (non-hydrogen) atoms. The largest absolute Gasteiger partial charge is 0.486 e. The van der Waals surface area contributed by atoms with Crippen molar-refractivity contribution in [2.45, 2.75) is 44.4 Å². The molecule has 0 saturated carbocycles. The van der Waals surface area contributed by atoms with Crippen LogP contribution in [0.1, 0.15) is 38.4 Å². The SMILES string of the molecule is CC1(C)Oc2ccccc2C(O)C1N1CCC(C(=O)O)CC1. The van der Waals surface area contributed by atoms with Gasteiger partial charge in [0, 0.05) is 5.56 Å². The third-order valence-electron chi connectivity index (χ3n) is 4.89. The van der Waals surface area contributed by atoms with Crippen LogP contribution in [-0.2, 0) is 4.79 Å². The van der Waals surface area contributed by atoms with E-state index in [0.717, 1.165) is 11.3 Å². The van der Waals surface area contributed by atoms with Crippen LogP contribution >= 0.6 is 0 Å². The summed E-state index contributed by atoms with van der Waals surface area (Å²) in [6, 6.07) is 7.41. The van der Waals surface area contributed by atoms with Crippen molar-refractivity contribution in [1.82, 2.24) is 4.90 Å². The zero-order chi connectivity index (χ0) is 15.9. The monoisotopic (exact) mass is 305 g/mol. The molecule has 1 aromatic carbocycles. The Labute approximate surface area is 130 Å². The van der Waals surface area contributed by atoms with Crippen molar-refractivity contribution in [3.05, 3.63) is 29.8 Å². The van der Waals surface area contributed by atoms with Gasteiger partial charge in [0.15, 0.2) is 0 Å². The number of hydrogen-bond acceptors (Lipinski definition) is 4. The van der Waals surface area contributed by atoms with E-state index in [4.69, 9.17) is 9.84 Å². The number of likely N-dealkylation sites (tertiary alicyclic amines) is 1. The van der Waals surface area contributed by atoms with E-state index in [9.17, 15) is 9.90 Å². The third-order valence-corrected chi connectivity index (χ3v) is 4.89. The first-order valence-electron chi connectivity index (χ1n) is 7.83. The molecule has 1 saturated heterocycles. The van der Waals surface area contributed by atoms with Crippen LogP contribution in [0.4, 0.5) is 0 Å². The molecule has 2 heterocycles. The molecule has 2 atom stereocenters. The normalized spacial score (nSPS) is 28.7. The predicted octanol–water partition coefficient (Wildman–Crippen LogP) is 2.06. The molecule has 120 valence electrons. The molecule has 0 spiro atoms. The Kier molecular flexibility index (Phi) is 3.87. The first-order valence-corrected chi connectivity index (χ1v) is 7.83. The molecular weight excluding hydrogens is 282 g/mol. The number of para-hydroxylation sites is 1. The lowest BCUT2D eigenvalue weighted by Gasteiger charge is -2.49. The molecule has 0 amide bonds. The molecule has 2 aliphatic heterocycles. The number of piperidine rings is 1. The summed E-state index contributed by atoms with van der Waals surface area (Å²) in [6.07, 6.45) is 0.619. The van der Waals surface area contributed by atoms with Crippen molar-refractivity contribution in [3.63, 3.8) is 0 Å². The fourth-order valence-corrected chi connectivity index (χ4v) is 3.78. The van der Waals surface area contributed by atoms with E-state index in [2.05, 4.69) is 4.90 Å². The number of carboxylic acid groups (broad SMARTS) is 1. The Morgan fingerprint density at radius 2 is 1.91 bits per heavy atom. The lowest BCUT2D eigenvalue weighted by Crippen LogP contribution is -2.59. The number of aliphatic hydroxyl groups excluding tert-OH is 1. The highest BCUT2D eigenvalue weighted by atomic mass is 16.5. The maximum atomic E-state index is 11.1. The smallest absolute Gasteiger partial charge is 0.306 e. The van der Waals surface area contributed by atoms with E-state index in [1.807, 2.05) is 38.1 Å². The fourth-order valence-electron chi connectivity index (χ4n) is 3.78. The topological polar surface area (TPSA) is 70.0 Å². The summed E-state index contributed by atoms with van der Waals surface area (Å²) in [5.41, 5.74) is 0.288. The molecule has 3 rings (SSSR count). The minimum absolute atomic E-state index is 0.169. The van der Waals surface area contributed by atoms with Crippen molar-refractivity contribution in [3.8, 4) is 5.75 Å². The first kappa shape index (κ1) is 15.3. The van der Waals surface area contributed by atoms with Crippen LogP contribution < -0.4 is 4.74 Å². The van der Waals surface area contributed by atoms with Gasteiger partial charge in [0.2, 0.25) is 0 Å². The third kappa shape index (κ3) is 2.59. The highest BCUT2D eigenvalue weighted by molar-refractivity contribution is 5.70. The Hall–Kier alpha value is -1.59. The molecule has 1 fully saturated rings. The zero-order valence-electron chi connectivity index (χ0n) is 13.0. The molecule has 2 unspecified atom stereocenters. The summed E-state index contributed by atoms with van der Waals surface area (Å²) in [4.78, 5) is 13.3. The molecule has 5 heteroatoms. The lowest BCUT2D eigenvalue weighted by atomic mass is 9.83. The van der Waals surface area contributed by atoms with Crippen LogP contribution in [0.15, 0.2) is 24.3 Å². The van der Waals surface area contributed by atoms with Crippen LogP contribution in [-0.4, -0.2) is 45.8 Å². The highest BCUT2D eigenvalue weighted by Crippen LogP contribution is 2.42. The number of nitrogens with zero attached hydrogens (tertiary/aromatic N) is 1. The Morgan fingerprint density at radius 3 is 2.55 bits per heavy atom. The minimum atomic E-state index is -0.718. The molecule has 2 aliphatic rings. The van der Waals surface area contributed by atoms with Gasteiger partial charge >= 0.3 is 5.97 Å². The van der Waals surface area contributed by atoms with Crippen molar-refractivity contribution in [2.24, 2.45) is 5.92 Å². The average Bonchev–Trinajstić information content (AvgIpc) is 2.47. The van der Waals surface area contributed by atoms with Gasteiger partial charge in [-0.15, -0.1) is 0 Å². The van der Waals surface area contributed by atoms with Gasteiger partial charge in [-0.3, -0.25) is 9.69 Å². The van der Waals surface area contributed by atoms with Gasteiger partial charge < -0.3 is 14.9 Å². The first-order chi connectivity index (χ1) is 10.4. The molecular formula is C17H23NO4. The molecule has 1 aromatic rings. The van der Waals surface area contributed by atoms with Crippen LogP contribution in [0.3, 0.4) is 0 Å². The van der Waals surface area contributed by atoms with Crippen LogP contribution in [0, 0.1) is 5.92 Å². The second kappa shape index (κ2) is 5.56. The van der Waals surface area contributed by atoms with Crippen molar-refractivity contribution < 1.29 is 19.7 Å². The van der Waals surface area contributed by atoms with Crippen molar-refractivity contribution in [2.75, 3.05) is 13.1 Å². The number of carbonyl (C=O) groups is 1. The van der Waals surface area contributed by atoms with E-state index in [-0.39, 0.29) is 12.0 Å². The molecule has 0 aromatic heterocycles. The summed E-state index contributed by atoms with van der Waals surface area (Å²) in [6.45, 7) is 5.32. The van der Waals surface area contributed by atoms with Crippen LogP contribution in [0.2, 0.25) is 0 Å². The Morgan fingerprint density at radius 1 is 1.27 bits per heavy atom. The molecule has 0 bridgehead atoms. The number of ether oxygens (including phenoxy) is 1. The lowest BCUT2D eigenvalue weighted by molar-refractivity contribution is -0.145. The molecule has 0 radical (unpaired) electrons.